The molecular weight excluding hydrogens is 864 g/mol. The van der Waals surface area contributed by atoms with Crippen LogP contribution in [0.5, 0.6) is 0 Å². The molecule has 9 heteroatoms. The quantitative estimate of drug-likeness (QED) is 0.0272. The summed E-state index contributed by atoms with van der Waals surface area (Å²) < 4.78 is 23.3. The molecule has 0 saturated carbocycles. The Balaban J connectivity index is 4.26. The molecule has 0 spiro atoms. The van der Waals surface area contributed by atoms with Gasteiger partial charge in [-0.15, -0.1) is 0 Å². The number of likely N-dealkylation sites (N-methyl/N-ethyl adjacent to an activating group) is 1. The maximum absolute atomic E-state index is 13.0. The summed E-state index contributed by atoms with van der Waals surface area (Å²) in [4.78, 5) is 25.5. The van der Waals surface area contributed by atoms with Crippen molar-refractivity contribution >= 4 is 13.7 Å². The fourth-order valence-corrected chi connectivity index (χ4v) is 8.88. The number of phosphoric ester groups is 1. The Labute approximate surface area is 422 Å². The summed E-state index contributed by atoms with van der Waals surface area (Å²) >= 11 is 0. The second-order valence-electron chi connectivity index (χ2n) is 20.6. The monoisotopic (exact) mass is 975 g/mol. The normalized spacial score (nSPS) is 14.4. The van der Waals surface area contributed by atoms with E-state index in [9.17, 15) is 19.4 Å². The van der Waals surface area contributed by atoms with E-state index < -0.39 is 26.6 Å². The van der Waals surface area contributed by atoms with Gasteiger partial charge in [0.05, 0.1) is 39.9 Å². The van der Waals surface area contributed by atoms with Crippen LogP contribution in [0.3, 0.4) is 0 Å². The van der Waals surface area contributed by atoms with E-state index in [4.69, 9.17) is 9.05 Å². The van der Waals surface area contributed by atoms with E-state index in [1.807, 2.05) is 27.2 Å². The third-order valence-electron chi connectivity index (χ3n) is 12.7. The Morgan fingerprint density at radius 1 is 0.515 bits per heavy atom. The molecule has 0 saturated heterocycles. The number of carbonyl (C=O) groups excluding carboxylic acids is 1. The van der Waals surface area contributed by atoms with E-state index in [0.717, 1.165) is 51.4 Å². The van der Waals surface area contributed by atoms with Gasteiger partial charge in [-0.2, -0.15) is 0 Å². The van der Waals surface area contributed by atoms with Gasteiger partial charge in [0.2, 0.25) is 5.91 Å². The summed E-state index contributed by atoms with van der Waals surface area (Å²) in [7, 11) is 1.23. The number of phosphoric acid groups is 1. The summed E-state index contributed by atoms with van der Waals surface area (Å²) in [5, 5.41) is 13.8. The third-order valence-corrected chi connectivity index (χ3v) is 13.6. The van der Waals surface area contributed by atoms with Crippen LogP contribution in [0.2, 0.25) is 0 Å². The molecule has 2 N–H and O–H groups in total. The van der Waals surface area contributed by atoms with Crippen LogP contribution in [-0.2, 0) is 18.4 Å². The van der Waals surface area contributed by atoms with Gasteiger partial charge >= 0.3 is 0 Å². The van der Waals surface area contributed by atoms with Crippen molar-refractivity contribution in [2.75, 3.05) is 40.9 Å². The number of nitrogens with zero attached hydrogens (tertiary/aromatic N) is 1. The zero-order chi connectivity index (χ0) is 49.9. The topological polar surface area (TPSA) is 108 Å². The van der Waals surface area contributed by atoms with Crippen LogP contribution < -0.4 is 10.2 Å². The lowest BCUT2D eigenvalue weighted by molar-refractivity contribution is -0.870. The molecule has 0 aromatic rings. The van der Waals surface area contributed by atoms with E-state index in [2.05, 4.69) is 67.8 Å². The molecule has 0 radical (unpaired) electrons. The Kier molecular flexibility index (Phi) is 48.8. The fraction of sp³-hybridized carbons (Fsp3) is 0.814. The minimum atomic E-state index is -4.61. The smallest absolute Gasteiger partial charge is 0.268 e. The molecule has 0 aliphatic rings. The van der Waals surface area contributed by atoms with E-state index >= 15 is 0 Å². The first-order valence-electron chi connectivity index (χ1n) is 28.7. The van der Waals surface area contributed by atoms with Crippen molar-refractivity contribution in [3.05, 3.63) is 60.8 Å². The molecule has 0 aromatic carbocycles. The van der Waals surface area contributed by atoms with E-state index in [-0.39, 0.29) is 12.5 Å². The minimum absolute atomic E-state index is 0.0109. The fourth-order valence-electron chi connectivity index (χ4n) is 8.16. The number of carbonyl (C=O) groups is 1. The number of unbranched alkanes of at least 4 members (excludes halogenated alkanes) is 31. The number of aliphatic hydroxyl groups is 1. The van der Waals surface area contributed by atoms with Crippen LogP contribution >= 0.6 is 7.82 Å². The van der Waals surface area contributed by atoms with Crippen LogP contribution in [0.4, 0.5) is 0 Å². The number of hydrogen-bond donors (Lipinski definition) is 2. The average Bonchev–Trinajstić information content (AvgIpc) is 3.30. The van der Waals surface area contributed by atoms with Crippen molar-refractivity contribution in [3.8, 4) is 0 Å². The second-order valence-corrected chi connectivity index (χ2v) is 22.0. The number of rotatable bonds is 52. The number of quaternary nitrogens is 1. The lowest BCUT2D eigenvalue weighted by Crippen LogP contribution is -2.45. The molecule has 3 unspecified atom stereocenters. The number of hydrogen-bond acceptors (Lipinski definition) is 6. The largest absolute Gasteiger partial charge is 0.756 e. The summed E-state index contributed by atoms with van der Waals surface area (Å²) in [6, 6.07) is -0.913. The average molecular weight is 976 g/mol. The molecule has 68 heavy (non-hydrogen) atoms. The van der Waals surface area contributed by atoms with Crippen molar-refractivity contribution in [1.82, 2.24) is 5.32 Å². The first-order valence-corrected chi connectivity index (χ1v) is 30.1. The van der Waals surface area contributed by atoms with Crippen LogP contribution in [0.1, 0.15) is 258 Å². The van der Waals surface area contributed by atoms with Gasteiger partial charge in [-0.05, 0) is 77.0 Å². The van der Waals surface area contributed by atoms with Gasteiger partial charge in [-0.3, -0.25) is 9.36 Å². The van der Waals surface area contributed by atoms with Crippen LogP contribution in [0.15, 0.2) is 60.8 Å². The number of allylic oxidation sites excluding steroid dienone is 9. The Hall–Kier alpha value is -1.80. The zero-order valence-electron chi connectivity index (χ0n) is 45.3. The second kappa shape index (κ2) is 50.2. The Bertz CT molecular complexity index is 1290. The molecule has 398 valence electrons. The number of amides is 1. The molecule has 0 aliphatic carbocycles. The van der Waals surface area contributed by atoms with E-state index in [1.54, 1.807) is 6.08 Å². The van der Waals surface area contributed by atoms with Gasteiger partial charge in [0.1, 0.15) is 13.2 Å². The van der Waals surface area contributed by atoms with E-state index in [0.29, 0.717) is 17.4 Å². The predicted molar refractivity (Wildman–Crippen MR) is 293 cm³/mol. The van der Waals surface area contributed by atoms with Crippen LogP contribution in [0.25, 0.3) is 0 Å². The Morgan fingerprint density at radius 3 is 1.28 bits per heavy atom. The third kappa shape index (κ3) is 52.0. The van der Waals surface area contributed by atoms with Crippen molar-refractivity contribution in [2.45, 2.75) is 270 Å². The SMILES string of the molecule is CCCCCCCCCCC/C=C\C/C=C\CCCCCCCCCCCCCC(=O)NC(COP(=O)([O-])OCC[N+](C)(C)C)C(O)/C=C/CC/C=C/CC/C=C/CCCCCCCCCCC. The van der Waals surface area contributed by atoms with Gasteiger partial charge in [0, 0.05) is 6.42 Å². The number of aliphatic hydroxyl groups excluding tert-OH is 1. The van der Waals surface area contributed by atoms with Crippen LogP contribution in [-0.4, -0.2) is 68.5 Å². The molecule has 8 nitrogen and oxygen atoms in total. The van der Waals surface area contributed by atoms with Crippen molar-refractivity contribution < 1.29 is 32.9 Å². The Morgan fingerprint density at radius 2 is 0.868 bits per heavy atom. The summed E-state index contributed by atoms with van der Waals surface area (Å²) in [6.07, 6.45) is 67.3. The number of nitrogens with one attached hydrogen (secondary N) is 1. The van der Waals surface area contributed by atoms with Crippen LogP contribution in [0, 0.1) is 0 Å². The van der Waals surface area contributed by atoms with Gasteiger partial charge in [-0.25, -0.2) is 0 Å². The lowest BCUT2D eigenvalue weighted by atomic mass is 10.0. The molecule has 0 fully saturated rings. The highest BCUT2D eigenvalue weighted by Gasteiger charge is 2.23. The van der Waals surface area contributed by atoms with Crippen molar-refractivity contribution in [2.24, 2.45) is 0 Å². The highest BCUT2D eigenvalue weighted by Crippen LogP contribution is 2.38. The maximum atomic E-state index is 13.0. The highest BCUT2D eigenvalue weighted by molar-refractivity contribution is 7.45. The van der Waals surface area contributed by atoms with E-state index in [1.165, 1.54) is 186 Å². The summed E-state index contributed by atoms with van der Waals surface area (Å²) in [5.74, 6) is -0.213. The summed E-state index contributed by atoms with van der Waals surface area (Å²) in [5.41, 5.74) is 0. The first kappa shape index (κ1) is 66.2. The molecule has 0 bridgehead atoms. The minimum Gasteiger partial charge on any atom is -0.756 e. The molecule has 3 atom stereocenters. The maximum Gasteiger partial charge on any atom is 0.268 e. The van der Waals surface area contributed by atoms with Gasteiger partial charge in [0.15, 0.2) is 0 Å². The van der Waals surface area contributed by atoms with Crippen molar-refractivity contribution in [1.29, 1.82) is 0 Å². The lowest BCUT2D eigenvalue weighted by Gasteiger charge is -2.29. The molecule has 1 amide bonds. The predicted octanol–water partition coefficient (Wildman–Crippen LogP) is 16.7. The van der Waals surface area contributed by atoms with Gasteiger partial charge < -0.3 is 28.8 Å². The molecule has 0 heterocycles. The highest BCUT2D eigenvalue weighted by atomic mass is 31.2. The first-order chi connectivity index (χ1) is 33.0. The molecule has 0 aromatic heterocycles. The molecule has 0 rings (SSSR count). The zero-order valence-corrected chi connectivity index (χ0v) is 46.2. The van der Waals surface area contributed by atoms with Crippen molar-refractivity contribution in [3.63, 3.8) is 0 Å². The van der Waals surface area contributed by atoms with Gasteiger partial charge in [-0.1, -0.05) is 235 Å². The molecular formula is C59H111N2O6P. The van der Waals surface area contributed by atoms with Gasteiger partial charge in [0.25, 0.3) is 7.82 Å². The molecule has 0 aliphatic heterocycles. The standard InChI is InChI=1S/C59H111N2O6P/c1-6-8-10-12-14-16-18-20-22-24-26-27-28-29-30-31-32-33-35-37-39-41-43-45-47-49-51-53-59(63)60-57(56-67-68(64,65)66-55-54-61(3,4)5)58(62)52-50-48-46-44-42-40-38-36-34-25-23-21-19-17-15-13-11-9-7-2/h26-27,29-30,34,36,42,44,50,52,57-58,62H,6-25,28,31-33,35,37-41,43,45-49,51,53-56H2,1-5H3,(H-,60,63,64,65)/b27-26-,30-29-,36-34+,44-42+,52-50+. The summed E-state index contributed by atoms with van der Waals surface area (Å²) in [6.45, 7) is 4.63.